The van der Waals surface area contributed by atoms with Crippen LogP contribution in [0.3, 0.4) is 0 Å². The molecule has 3 heterocycles. The van der Waals surface area contributed by atoms with Crippen LogP contribution < -0.4 is 5.48 Å². The zero-order valence-electron chi connectivity index (χ0n) is 21.0. The van der Waals surface area contributed by atoms with Crippen LogP contribution >= 0.6 is 0 Å². The van der Waals surface area contributed by atoms with Crippen molar-refractivity contribution in [2.75, 3.05) is 32.7 Å². The van der Waals surface area contributed by atoms with Crippen LogP contribution in [0.15, 0.2) is 24.4 Å². The minimum atomic E-state index is -3.78. The van der Waals surface area contributed by atoms with E-state index in [9.17, 15) is 18.3 Å². The summed E-state index contributed by atoms with van der Waals surface area (Å²) >= 11 is 0. The summed E-state index contributed by atoms with van der Waals surface area (Å²) in [5.41, 5.74) is 3.24. The summed E-state index contributed by atoms with van der Waals surface area (Å²) in [6.07, 6.45) is 4.72. The summed E-state index contributed by atoms with van der Waals surface area (Å²) in [6, 6.07) is 5.50. The van der Waals surface area contributed by atoms with Crippen LogP contribution in [0.5, 0.6) is 0 Å². The Hall–Kier alpha value is -2.93. The molecule has 2 aromatic rings. The number of aliphatic hydroxyl groups excluding tert-OH is 1. The van der Waals surface area contributed by atoms with Gasteiger partial charge in [0.25, 0.3) is 5.91 Å². The summed E-state index contributed by atoms with van der Waals surface area (Å²) in [5.74, 6) is 10.8. The summed E-state index contributed by atoms with van der Waals surface area (Å²) in [6.45, 7) is 2.88. The molecular formula is C26H31N3O7S. The Bertz CT molecular complexity index is 1360. The van der Waals surface area contributed by atoms with Crippen molar-refractivity contribution >= 4 is 26.6 Å². The highest BCUT2D eigenvalue weighted by Gasteiger charge is 2.44. The van der Waals surface area contributed by atoms with Gasteiger partial charge in [-0.2, -0.15) is 5.10 Å². The minimum Gasteiger partial charge on any atom is -0.395 e. The SMILES string of the molecule is C[C@@](CCn1cc2cc(C#CC#CC3(CO)COC3)ccc2n1)(C(=O)NOC1CCCCO1)S(C)(=O)=O. The van der Waals surface area contributed by atoms with E-state index >= 15 is 0 Å². The van der Waals surface area contributed by atoms with Gasteiger partial charge < -0.3 is 14.6 Å². The average molecular weight is 530 g/mol. The van der Waals surface area contributed by atoms with Crippen LogP contribution in [0.2, 0.25) is 0 Å². The van der Waals surface area contributed by atoms with Gasteiger partial charge in [0.05, 0.1) is 25.3 Å². The summed E-state index contributed by atoms with van der Waals surface area (Å²) < 4.78 is 35.6. The van der Waals surface area contributed by atoms with E-state index in [0.29, 0.717) is 31.8 Å². The normalized spacial score (nSPS) is 20.5. The van der Waals surface area contributed by atoms with Crippen molar-refractivity contribution in [1.29, 1.82) is 0 Å². The first-order chi connectivity index (χ1) is 17.6. The van der Waals surface area contributed by atoms with E-state index < -0.39 is 32.2 Å². The number of sulfone groups is 1. The Kier molecular flexibility index (Phi) is 8.22. The minimum absolute atomic E-state index is 0.000880. The van der Waals surface area contributed by atoms with Gasteiger partial charge in [-0.15, -0.1) is 0 Å². The van der Waals surface area contributed by atoms with Crippen molar-refractivity contribution in [3.8, 4) is 23.7 Å². The van der Waals surface area contributed by atoms with Gasteiger partial charge in [-0.25, -0.2) is 18.7 Å². The topological polar surface area (TPSA) is 129 Å². The number of carbonyl (C=O) groups is 1. The van der Waals surface area contributed by atoms with Gasteiger partial charge in [-0.3, -0.25) is 9.48 Å². The van der Waals surface area contributed by atoms with Crippen molar-refractivity contribution < 1.29 is 32.6 Å². The van der Waals surface area contributed by atoms with E-state index in [0.717, 1.165) is 30.0 Å². The van der Waals surface area contributed by atoms with E-state index in [4.69, 9.17) is 14.3 Å². The van der Waals surface area contributed by atoms with Crippen molar-refractivity contribution in [2.24, 2.45) is 5.41 Å². The van der Waals surface area contributed by atoms with Crippen LogP contribution in [0.1, 0.15) is 38.2 Å². The summed E-state index contributed by atoms with van der Waals surface area (Å²) in [5, 5.41) is 14.7. The molecule has 11 heteroatoms. The number of aryl methyl sites for hydroxylation is 1. The second kappa shape index (κ2) is 11.2. The highest BCUT2D eigenvalue weighted by atomic mass is 32.2. The van der Waals surface area contributed by atoms with Gasteiger partial charge >= 0.3 is 0 Å². The molecule has 2 fully saturated rings. The Morgan fingerprint density at radius 2 is 2.16 bits per heavy atom. The first kappa shape index (κ1) is 27.1. The molecule has 0 aliphatic carbocycles. The molecule has 2 aliphatic rings. The molecule has 0 saturated carbocycles. The van der Waals surface area contributed by atoms with Gasteiger partial charge in [0.1, 0.15) is 5.41 Å². The second-order valence-electron chi connectivity index (χ2n) is 9.70. The van der Waals surface area contributed by atoms with E-state index in [1.165, 1.54) is 6.92 Å². The molecule has 1 unspecified atom stereocenters. The van der Waals surface area contributed by atoms with Gasteiger partial charge in [0.15, 0.2) is 20.9 Å². The standard InChI is InChI=1S/C26H31N3O7S/c1-25(37(2,32)33,24(31)28-36-23-8-4-6-14-35-23)12-13-29-16-21-15-20(9-10-22(21)27-29)7-3-5-11-26(17-30)18-34-19-26/h9-10,15-16,23,30H,4,6,8,12-14,17-19H2,1-2H3,(H,28,31)/t23?,25-/m1/s1. The van der Waals surface area contributed by atoms with Gasteiger partial charge in [-0.05, 0) is 56.2 Å². The Morgan fingerprint density at radius 1 is 1.35 bits per heavy atom. The molecule has 1 aromatic heterocycles. The second-order valence-corrected chi connectivity index (χ2v) is 12.1. The third kappa shape index (κ3) is 6.32. The summed E-state index contributed by atoms with van der Waals surface area (Å²) in [7, 11) is -3.78. The van der Waals surface area contributed by atoms with Gasteiger partial charge in [0, 0.05) is 43.0 Å². The quantitative estimate of drug-likeness (QED) is 0.385. The monoisotopic (exact) mass is 529 g/mol. The highest BCUT2D eigenvalue weighted by Crippen LogP contribution is 2.25. The molecule has 0 radical (unpaired) electrons. The molecule has 0 bridgehead atoms. The van der Waals surface area contributed by atoms with Crippen LogP contribution in [0.4, 0.5) is 0 Å². The first-order valence-electron chi connectivity index (χ1n) is 12.1. The molecule has 2 atom stereocenters. The number of fused-ring (bicyclic) bond motifs is 1. The average Bonchev–Trinajstić information content (AvgIpc) is 3.27. The third-order valence-electron chi connectivity index (χ3n) is 6.75. The zero-order valence-corrected chi connectivity index (χ0v) is 21.8. The molecule has 2 aliphatic heterocycles. The van der Waals surface area contributed by atoms with E-state index in [1.807, 2.05) is 18.2 Å². The molecule has 4 rings (SSSR count). The smallest absolute Gasteiger partial charge is 0.264 e. The van der Waals surface area contributed by atoms with Crippen LogP contribution in [0, 0.1) is 29.1 Å². The molecule has 2 saturated heterocycles. The fraction of sp³-hybridized carbons (Fsp3) is 0.538. The number of ether oxygens (including phenoxy) is 2. The van der Waals surface area contributed by atoms with Crippen LogP contribution in [0.25, 0.3) is 10.9 Å². The Morgan fingerprint density at radius 3 is 2.81 bits per heavy atom. The van der Waals surface area contributed by atoms with Crippen LogP contribution in [-0.2, 0) is 35.5 Å². The third-order valence-corrected chi connectivity index (χ3v) is 8.77. The molecule has 1 aromatic carbocycles. The molecule has 1 amide bonds. The molecule has 37 heavy (non-hydrogen) atoms. The number of nitrogens with one attached hydrogen (secondary N) is 1. The predicted octanol–water partition coefficient (Wildman–Crippen LogP) is 1.17. The largest absolute Gasteiger partial charge is 0.395 e. The molecular weight excluding hydrogens is 498 g/mol. The van der Waals surface area contributed by atoms with E-state index in [-0.39, 0.29) is 19.6 Å². The van der Waals surface area contributed by atoms with E-state index in [2.05, 4.69) is 34.3 Å². The zero-order chi connectivity index (χ0) is 26.5. The number of carbonyl (C=O) groups excluding carboxylic acids is 1. The maximum absolute atomic E-state index is 12.9. The maximum atomic E-state index is 12.9. The fourth-order valence-corrected chi connectivity index (χ4v) is 4.75. The van der Waals surface area contributed by atoms with Gasteiger partial charge in [0.2, 0.25) is 0 Å². The Balaban J connectivity index is 1.42. The molecule has 198 valence electrons. The van der Waals surface area contributed by atoms with Crippen molar-refractivity contribution in [1.82, 2.24) is 15.3 Å². The summed E-state index contributed by atoms with van der Waals surface area (Å²) in [4.78, 5) is 18.2. The lowest BCUT2D eigenvalue weighted by molar-refractivity contribution is -0.201. The lowest BCUT2D eigenvalue weighted by atomic mass is 9.88. The van der Waals surface area contributed by atoms with Crippen molar-refractivity contribution in [3.05, 3.63) is 30.0 Å². The van der Waals surface area contributed by atoms with Crippen LogP contribution in [-0.4, -0.2) is 72.9 Å². The molecule has 2 N–H and O–H groups in total. The number of rotatable bonds is 8. The fourth-order valence-electron chi connectivity index (χ4n) is 3.91. The molecule has 10 nitrogen and oxygen atoms in total. The number of aromatic nitrogens is 2. The number of hydrogen-bond acceptors (Lipinski definition) is 8. The number of aliphatic hydroxyl groups is 1. The molecule has 0 spiro atoms. The number of hydroxylamine groups is 1. The highest BCUT2D eigenvalue weighted by molar-refractivity contribution is 7.92. The number of amides is 1. The van der Waals surface area contributed by atoms with Crippen molar-refractivity contribution in [3.63, 3.8) is 0 Å². The lowest BCUT2D eigenvalue weighted by Crippen LogP contribution is -2.51. The number of nitrogens with zero attached hydrogens (tertiary/aromatic N) is 2. The predicted molar refractivity (Wildman–Crippen MR) is 135 cm³/mol. The van der Waals surface area contributed by atoms with Crippen molar-refractivity contribution in [2.45, 2.75) is 50.2 Å². The first-order valence-corrected chi connectivity index (χ1v) is 14.0. The Labute approximate surface area is 216 Å². The number of hydrogen-bond donors (Lipinski definition) is 2. The van der Waals surface area contributed by atoms with E-state index in [1.54, 1.807) is 10.9 Å². The van der Waals surface area contributed by atoms with Gasteiger partial charge in [-0.1, -0.05) is 11.8 Å². The maximum Gasteiger partial charge on any atom is 0.264 e. The lowest BCUT2D eigenvalue weighted by Gasteiger charge is -2.34. The number of benzene rings is 1.